The van der Waals surface area contributed by atoms with Gasteiger partial charge in [-0.05, 0) is 24.6 Å². The van der Waals surface area contributed by atoms with Crippen LogP contribution in [-0.4, -0.2) is 12.6 Å². The zero-order valence-electron chi connectivity index (χ0n) is 7.51. The Morgan fingerprint density at radius 2 is 2.46 bits per heavy atom. The van der Waals surface area contributed by atoms with Crippen LogP contribution in [-0.2, 0) is 0 Å². The Bertz CT molecular complexity index is 314. The topological polar surface area (TPSA) is 21.3 Å². The molecule has 0 amide bonds. The predicted molar refractivity (Wildman–Crippen MR) is 54.6 cm³/mol. The summed E-state index contributed by atoms with van der Waals surface area (Å²) in [6, 6.07) is 5.65. The van der Waals surface area contributed by atoms with Crippen molar-refractivity contribution < 1.29 is 4.74 Å². The van der Waals surface area contributed by atoms with Gasteiger partial charge in [0, 0.05) is 5.02 Å². The van der Waals surface area contributed by atoms with Crippen LogP contribution in [0.3, 0.4) is 0 Å². The Labute approximate surface area is 82.9 Å². The highest BCUT2D eigenvalue weighted by Crippen LogP contribution is 2.31. The van der Waals surface area contributed by atoms with Crippen molar-refractivity contribution in [2.75, 3.05) is 11.9 Å². The first-order valence-corrected chi connectivity index (χ1v) is 4.87. The first-order valence-electron chi connectivity index (χ1n) is 4.49. The summed E-state index contributed by atoms with van der Waals surface area (Å²) >= 11 is 5.85. The van der Waals surface area contributed by atoms with E-state index in [0.29, 0.717) is 0 Å². The maximum atomic E-state index is 5.85. The average molecular weight is 198 g/mol. The molecule has 13 heavy (non-hydrogen) atoms. The fourth-order valence-electron chi connectivity index (χ4n) is 1.42. The number of halogens is 1. The van der Waals surface area contributed by atoms with Gasteiger partial charge >= 0.3 is 0 Å². The number of rotatable bonds is 1. The minimum Gasteiger partial charge on any atom is -0.486 e. The largest absolute Gasteiger partial charge is 0.486 e. The molecule has 2 nitrogen and oxygen atoms in total. The molecule has 1 aromatic rings. The van der Waals surface area contributed by atoms with Gasteiger partial charge in [-0.25, -0.2) is 0 Å². The first-order chi connectivity index (χ1) is 6.29. The molecule has 0 saturated heterocycles. The van der Waals surface area contributed by atoms with Gasteiger partial charge in [0.25, 0.3) is 0 Å². The van der Waals surface area contributed by atoms with Gasteiger partial charge in [-0.15, -0.1) is 0 Å². The Hall–Kier alpha value is -0.890. The maximum Gasteiger partial charge on any atom is 0.143 e. The molecular formula is C10H12ClNO. The SMILES string of the molecule is CCC1CNc2cc(Cl)ccc2O1. The lowest BCUT2D eigenvalue weighted by molar-refractivity contribution is 0.202. The van der Waals surface area contributed by atoms with E-state index >= 15 is 0 Å². The second-order valence-corrected chi connectivity index (χ2v) is 3.61. The molecule has 1 aromatic carbocycles. The number of hydrogen-bond donors (Lipinski definition) is 1. The van der Waals surface area contributed by atoms with Crippen LogP contribution in [0.5, 0.6) is 5.75 Å². The van der Waals surface area contributed by atoms with Crippen LogP contribution in [0.2, 0.25) is 5.02 Å². The molecule has 0 spiro atoms. The summed E-state index contributed by atoms with van der Waals surface area (Å²) in [5.74, 6) is 0.905. The second kappa shape index (κ2) is 3.46. The van der Waals surface area contributed by atoms with Crippen LogP contribution in [0.4, 0.5) is 5.69 Å². The Kier molecular flexibility index (Phi) is 2.32. The molecule has 1 aliphatic heterocycles. The highest BCUT2D eigenvalue weighted by molar-refractivity contribution is 6.30. The molecule has 1 aliphatic rings. The number of anilines is 1. The van der Waals surface area contributed by atoms with Gasteiger partial charge in [0.2, 0.25) is 0 Å². The number of fused-ring (bicyclic) bond motifs is 1. The monoisotopic (exact) mass is 197 g/mol. The molecule has 0 aliphatic carbocycles. The summed E-state index contributed by atoms with van der Waals surface area (Å²) in [7, 11) is 0. The van der Waals surface area contributed by atoms with Crippen LogP contribution in [0.25, 0.3) is 0 Å². The zero-order valence-corrected chi connectivity index (χ0v) is 8.27. The summed E-state index contributed by atoms with van der Waals surface area (Å²) in [5.41, 5.74) is 0.997. The summed E-state index contributed by atoms with van der Waals surface area (Å²) < 4.78 is 5.71. The van der Waals surface area contributed by atoms with Crippen molar-refractivity contribution in [1.82, 2.24) is 0 Å². The molecule has 1 atom stereocenters. The molecule has 0 radical (unpaired) electrons. The lowest BCUT2D eigenvalue weighted by Gasteiger charge is -2.26. The Morgan fingerprint density at radius 3 is 3.23 bits per heavy atom. The molecule has 0 aromatic heterocycles. The molecule has 1 unspecified atom stereocenters. The lowest BCUT2D eigenvalue weighted by atomic mass is 10.2. The molecule has 0 bridgehead atoms. The predicted octanol–water partition coefficient (Wildman–Crippen LogP) is 2.92. The van der Waals surface area contributed by atoms with Crippen molar-refractivity contribution in [3.05, 3.63) is 23.2 Å². The fourth-order valence-corrected chi connectivity index (χ4v) is 1.59. The van der Waals surface area contributed by atoms with Crippen LogP contribution in [0, 0.1) is 0 Å². The van der Waals surface area contributed by atoms with Crippen molar-refractivity contribution in [1.29, 1.82) is 0 Å². The van der Waals surface area contributed by atoms with Gasteiger partial charge in [-0.1, -0.05) is 18.5 Å². The quantitative estimate of drug-likeness (QED) is 0.748. The average Bonchev–Trinajstić information content (AvgIpc) is 2.17. The molecular weight excluding hydrogens is 186 g/mol. The normalized spacial score (nSPS) is 20.0. The van der Waals surface area contributed by atoms with E-state index in [1.807, 2.05) is 18.2 Å². The van der Waals surface area contributed by atoms with E-state index in [4.69, 9.17) is 16.3 Å². The number of hydrogen-bond acceptors (Lipinski definition) is 2. The summed E-state index contributed by atoms with van der Waals surface area (Å²) in [6.07, 6.45) is 1.31. The first kappa shape index (κ1) is 8.70. The minimum atomic E-state index is 0.286. The van der Waals surface area contributed by atoms with Gasteiger partial charge in [-0.3, -0.25) is 0 Å². The third-order valence-electron chi connectivity index (χ3n) is 2.21. The van der Waals surface area contributed by atoms with E-state index in [2.05, 4.69) is 12.2 Å². The van der Waals surface area contributed by atoms with Gasteiger partial charge in [0.15, 0.2) is 0 Å². The van der Waals surface area contributed by atoms with Crippen molar-refractivity contribution >= 4 is 17.3 Å². The smallest absolute Gasteiger partial charge is 0.143 e. The Balaban J connectivity index is 2.26. The van der Waals surface area contributed by atoms with Gasteiger partial charge in [-0.2, -0.15) is 0 Å². The van der Waals surface area contributed by atoms with Crippen LogP contribution >= 0.6 is 11.6 Å². The zero-order chi connectivity index (χ0) is 9.26. The van der Waals surface area contributed by atoms with Crippen LogP contribution in [0.1, 0.15) is 13.3 Å². The number of ether oxygens (including phenoxy) is 1. The highest BCUT2D eigenvalue weighted by atomic mass is 35.5. The fraction of sp³-hybridized carbons (Fsp3) is 0.400. The van der Waals surface area contributed by atoms with Crippen LogP contribution < -0.4 is 10.1 Å². The van der Waals surface area contributed by atoms with Crippen molar-refractivity contribution in [3.8, 4) is 5.75 Å². The summed E-state index contributed by atoms with van der Waals surface area (Å²) in [4.78, 5) is 0. The minimum absolute atomic E-state index is 0.286. The molecule has 1 heterocycles. The van der Waals surface area contributed by atoms with Gasteiger partial charge in [0.1, 0.15) is 11.9 Å². The molecule has 70 valence electrons. The lowest BCUT2D eigenvalue weighted by Crippen LogP contribution is -2.29. The van der Waals surface area contributed by atoms with E-state index in [9.17, 15) is 0 Å². The third kappa shape index (κ3) is 1.73. The highest BCUT2D eigenvalue weighted by Gasteiger charge is 2.17. The molecule has 3 heteroatoms. The maximum absolute atomic E-state index is 5.85. The van der Waals surface area contributed by atoms with Crippen molar-refractivity contribution in [2.24, 2.45) is 0 Å². The summed E-state index contributed by atoms with van der Waals surface area (Å²) in [5, 5.41) is 4.04. The Morgan fingerprint density at radius 1 is 1.62 bits per heavy atom. The van der Waals surface area contributed by atoms with Crippen molar-refractivity contribution in [3.63, 3.8) is 0 Å². The van der Waals surface area contributed by atoms with Crippen LogP contribution in [0.15, 0.2) is 18.2 Å². The molecule has 0 fully saturated rings. The van der Waals surface area contributed by atoms with E-state index < -0.39 is 0 Å². The number of nitrogens with one attached hydrogen (secondary N) is 1. The van der Waals surface area contributed by atoms with E-state index in [1.165, 1.54) is 0 Å². The number of benzene rings is 1. The second-order valence-electron chi connectivity index (χ2n) is 3.17. The third-order valence-corrected chi connectivity index (χ3v) is 2.45. The van der Waals surface area contributed by atoms with Crippen molar-refractivity contribution in [2.45, 2.75) is 19.4 Å². The van der Waals surface area contributed by atoms with E-state index in [-0.39, 0.29) is 6.10 Å². The van der Waals surface area contributed by atoms with E-state index in [1.54, 1.807) is 0 Å². The van der Waals surface area contributed by atoms with Gasteiger partial charge in [0.05, 0.1) is 12.2 Å². The molecule has 1 N–H and O–H groups in total. The summed E-state index contributed by atoms with van der Waals surface area (Å²) in [6.45, 7) is 2.98. The van der Waals surface area contributed by atoms with Gasteiger partial charge < -0.3 is 10.1 Å². The van der Waals surface area contributed by atoms with E-state index in [0.717, 1.165) is 29.4 Å². The molecule has 0 saturated carbocycles. The molecule has 2 rings (SSSR count). The standard InChI is InChI=1S/C10H12ClNO/c1-2-8-6-12-9-5-7(11)3-4-10(9)13-8/h3-5,8,12H,2,6H2,1H3.